The van der Waals surface area contributed by atoms with E-state index in [2.05, 4.69) is 10.3 Å². The number of hydrogen-bond acceptors (Lipinski definition) is 4. The van der Waals surface area contributed by atoms with Crippen molar-refractivity contribution in [1.82, 2.24) is 10.3 Å². The van der Waals surface area contributed by atoms with Crippen LogP contribution in [0.1, 0.15) is 25.7 Å². The maximum Gasteiger partial charge on any atom is 0.258 e. The number of nitrogens with zero attached hydrogens (tertiary/aromatic N) is 1. The number of fused-ring (bicyclic) bond motifs is 1. The first-order valence-corrected chi connectivity index (χ1v) is 8.72. The van der Waals surface area contributed by atoms with E-state index in [0.717, 1.165) is 24.6 Å². The quantitative estimate of drug-likeness (QED) is 0.772. The third-order valence-corrected chi connectivity index (χ3v) is 4.93. The van der Waals surface area contributed by atoms with Gasteiger partial charge in [0.05, 0.1) is 5.02 Å². The summed E-state index contributed by atoms with van der Waals surface area (Å²) in [5.41, 5.74) is 6.47. The van der Waals surface area contributed by atoms with Crippen LogP contribution in [-0.2, 0) is 4.79 Å². The highest BCUT2D eigenvalue weighted by Gasteiger charge is 2.25. The number of halogens is 3. The molecule has 2 aromatic rings. The largest absolute Gasteiger partial charge is 0.481 e. The Kier molecular flexibility index (Phi) is 9.44. The first-order chi connectivity index (χ1) is 11.7. The van der Waals surface area contributed by atoms with E-state index in [9.17, 15) is 4.79 Å². The Morgan fingerprint density at radius 2 is 2.04 bits per heavy atom. The average molecular weight is 421 g/mol. The van der Waals surface area contributed by atoms with Crippen LogP contribution in [0.2, 0.25) is 5.02 Å². The van der Waals surface area contributed by atoms with Crippen LogP contribution in [0.25, 0.3) is 10.9 Å². The minimum absolute atomic E-state index is 0. The number of aromatic nitrogens is 1. The summed E-state index contributed by atoms with van der Waals surface area (Å²) in [4.78, 5) is 16.5. The zero-order valence-electron chi connectivity index (χ0n) is 14.3. The molecule has 2 atom stereocenters. The molecule has 0 saturated heterocycles. The Labute approximate surface area is 170 Å². The Morgan fingerprint density at radius 3 is 2.81 bits per heavy atom. The predicted octanol–water partition coefficient (Wildman–Crippen LogP) is 3.74. The van der Waals surface area contributed by atoms with Gasteiger partial charge in [0.25, 0.3) is 5.91 Å². The van der Waals surface area contributed by atoms with Crippen molar-refractivity contribution in [3.05, 3.63) is 35.5 Å². The summed E-state index contributed by atoms with van der Waals surface area (Å²) in [7, 11) is 0. The molecule has 1 aliphatic rings. The van der Waals surface area contributed by atoms with E-state index in [1.54, 1.807) is 18.3 Å². The molecule has 1 heterocycles. The van der Waals surface area contributed by atoms with Crippen LogP contribution in [-0.4, -0.2) is 30.1 Å². The summed E-state index contributed by atoms with van der Waals surface area (Å²) >= 11 is 6.17. The minimum Gasteiger partial charge on any atom is -0.481 e. The smallest absolute Gasteiger partial charge is 0.258 e. The number of amides is 1. The summed E-state index contributed by atoms with van der Waals surface area (Å²) in [6.45, 7) is 0.568. The Balaban J connectivity index is 0.00000169. The molecule has 8 heteroatoms. The van der Waals surface area contributed by atoms with Gasteiger partial charge in [0.2, 0.25) is 0 Å². The van der Waals surface area contributed by atoms with E-state index in [1.807, 2.05) is 12.1 Å². The maximum absolute atomic E-state index is 12.2. The van der Waals surface area contributed by atoms with Gasteiger partial charge in [0, 0.05) is 17.6 Å². The maximum atomic E-state index is 12.2. The summed E-state index contributed by atoms with van der Waals surface area (Å²) in [5.74, 6) is 0.796. The molecule has 0 spiro atoms. The molecule has 0 bridgehead atoms. The standard InChI is InChI=1S/C18H22ClN3O2.2ClH/c19-14-7-8-16(18-13(14)5-3-9-21-18)24-11-17(23)22-15-6-2-1-4-12(15)10-20;;/h3,5,7-9,12,15H,1-2,4,6,10-11,20H2,(H,22,23);2*1H. The Morgan fingerprint density at radius 1 is 1.27 bits per heavy atom. The molecule has 5 nitrogen and oxygen atoms in total. The molecule has 3 rings (SSSR count). The fourth-order valence-corrected chi connectivity index (χ4v) is 3.52. The second-order valence-electron chi connectivity index (χ2n) is 6.19. The summed E-state index contributed by atoms with van der Waals surface area (Å²) in [6.07, 6.45) is 6.06. The van der Waals surface area contributed by atoms with Crippen LogP contribution in [0, 0.1) is 5.92 Å². The van der Waals surface area contributed by atoms with Crippen molar-refractivity contribution in [2.45, 2.75) is 31.7 Å². The molecule has 26 heavy (non-hydrogen) atoms. The fourth-order valence-electron chi connectivity index (χ4n) is 3.30. The second kappa shape index (κ2) is 10.8. The third-order valence-electron chi connectivity index (χ3n) is 4.60. The molecule has 0 aliphatic heterocycles. The minimum atomic E-state index is -0.126. The van der Waals surface area contributed by atoms with E-state index in [1.165, 1.54) is 6.42 Å². The lowest BCUT2D eigenvalue weighted by Crippen LogP contribution is -2.46. The van der Waals surface area contributed by atoms with E-state index < -0.39 is 0 Å². The molecule has 3 N–H and O–H groups in total. The first-order valence-electron chi connectivity index (χ1n) is 8.34. The molecule has 1 amide bonds. The van der Waals surface area contributed by atoms with Crippen LogP contribution < -0.4 is 15.8 Å². The van der Waals surface area contributed by atoms with Crippen molar-refractivity contribution in [2.75, 3.05) is 13.2 Å². The zero-order chi connectivity index (χ0) is 16.9. The molecule has 1 fully saturated rings. The summed E-state index contributed by atoms with van der Waals surface area (Å²) in [5, 5.41) is 4.49. The van der Waals surface area contributed by atoms with Crippen LogP contribution in [0.15, 0.2) is 30.5 Å². The van der Waals surface area contributed by atoms with Crippen molar-refractivity contribution in [2.24, 2.45) is 11.7 Å². The molecule has 144 valence electrons. The Bertz CT molecular complexity index is 730. The van der Waals surface area contributed by atoms with E-state index in [4.69, 9.17) is 22.1 Å². The number of pyridine rings is 1. The van der Waals surface area contributed by atoms with Gasteiger partial charge in [-0.1, -0.05) is 24.4 Å². The lowest BCUT2D eigenvalue weighted by Gasteiger charge is -2.31. The molecule has 1 aliphatic carbocycles. The average Bonchev–Trinajstić information content (AvgIpc) is 2.62. The van der Waals surface area contributed by atoms with Crippen molar-refractivity contribution in [3.63, 3.8) is 0 Å². The van der Waals surface area contributed by atoms with Crippen LogP contribution in [0.5, 0.6) is 5.75 Å². The van der Waals surface area contributed by atoms with E-state index >= 15 is 0 Å². The van der Waals surface area contributed by atoms with E-state index in [0.29, 0.717) is 28.8 Å². The van der Waals surface area contributed by atoms with E-state index in [-0.39, 0.29) is 43.4 Å². The SMILES string of the molecule is Cl.Cl.NCC1CCCCC1NC(=O)COc1ccc(Cl)c2cccnc12. The molecule has 1 aromatic carbocycles. The lowest BCUT2D eigenvalue weighted by atomic mass is 9.84. The van der Waals surface area contributed by atoms with Crippen LogP contribution in [0.3, 0.4) is 0 Å². The van der Waals surface area contributed by atoms with Gasteiger partial charge in [-0.2, -0.15) is 0 Å². The highest BCUT2D eigenvalue weighted by atomic mass is 35.5. The second-order valence-corrected chi connectivity index (χ2v) is 6.60. The molecular weight excluding hydrogens is 397 g/mol. The van der Waals surface area contributed by atoms with Crippen LogP contribution in [0.4, 0.5) is 0 Å². The first kappa shape index (κ1) is 22.8. The number of nitrogens with two attached hydrogens (primary N) is 1. The third kappa shape index (κ3) is 5.36. The van der Waals surface area contributed by atoms with Gasteiger partial charge < -0.3 is 15.8 Å². The number of benzene rings is 1. The monoisotopic (exact) mass is 419 g/mol. The van der Waals surface area contributed by atoms with Crippen molar-refractivity contribution in [1.29, 1.82) is 0 Å². The van der Waals surface area contributed by atoms with Gasteiger partial charge in [-0.05, 0) is 49.6 Å². The predicted molar refractivity (Wildman–Crippen MR) is 110 cm³/mol. The number of hydrogen-bond donors (Lipinski definition) is 2. The number of rotatable bonds is 5. The van der Waals surface area contributed by atoms with Crippen molar-refractivity contribution < 1.29 is 9.53 Å². The topological polar surface area (TPSA) is 77.2 Å². The number of carbonyl (C=O) groups excluding carboxylic acids is 1. The van der Waals surface area contributed by atoms with Crippen molar-refractivity contribution in [3.8, 4) is 5.75 Å². The lowest BCUT2D eigenvalue weighted by molar-refractivity contribution is -0.124. The summed E-state index contributed by atoms with van der Waals surface area (Å²) in [6, 6.07) is 7.35. The zero-order valence-corrected chi connectivity index (χ0v) is 16.7. The molecule has 1 saturated carbocycles. The summed E-state index contributed by atoms with van der Waals surface area (Å²) < 4.78 is 5.68. The number of nitrogens with one attached hydrogen (secondary N) is 1. The van der Waals surface area contributed by atoms with Gasteiger partial charge >= 0.3 is 0 Å². The number of carbonyl (C=O) groups is 1. The molecular formula is C18H24Cl3N3O2. The highest BCUT2D eigenvalue weighted by molar-refractivity contribution is 6.35. The van der Waals surface area contributed by atoms with Crippen LogP contribution >= 0.6 is 36.4 Å². The molecule has 0 radical (unpaired) electrons. The normalized spacial score (nSPS) is 19.2. The van der Waals surface area contributed by atoms with Gasteiger partial charge in [-0.25, -0.2) is 0 Å². The number of ether oxygens (including phenoxy) is 1. The van der Waals surface area contributed by atoms with Gasteiger partial charge in [-0.3, -0.25) is 9.78 Å². The van der Waals surface area contributed by atoms with Crippen molar-refractivity contribution >= 4 is 53.2 Å². The Hall–Kier alpha value is -1.27. The van der Waals surface area contributed by atoms with Gasteiger partial charge in [0.15, 0.2) is 6.61 Å². The highest BCUT2D eigenvalue weighted by Crippen LogP contribution is 2.29. The van der Waals surface area contributed by atoms with Gasteiger partial charge in [-0.15, -0.1) is 24.8 Å². The fraction of sp³-hybridized carbons (Fsp3) is 0.444. The van der Waals surface area contributed by atoms with Gasteiger partial charge in [0.1, 0.15) is 11.3 Å². The molecule has 2 unspecified atom stereocenters. The molecule has 1 aromatic heterocycles.